The summed E-state index contributed by atoms with van der Waals surface area (Å²) in [6.45, 7) is 9.04. The number of nitrogens with one attached hydrogen (secondary N) is 1. The number of hydrogen-bond donors (Lipinski definition) is 1. The molecule has 0 heterocycles. The lowest BCUT2D eigenvalue weighted by Gasteiger charge is -2.07. The van der Waals surface area contributed by atoms with Crippen LogP contribution in [0.1, 0.15) is 35.3 Å². The molecule has 96 valence electrons. The zero-order valence-electron chi connectivity index (χ0n) is 11.5. The van der Waals surface area contributed by atoms with Crippen LogP contribution in [0.15, 0.2) is 18.2 Å². The lowest BCUT2D eigenvalue weighted by Crippen LogP contribution is -2.27. The zero-order chi connectivity index (χ0) is 13.3. The molecule has 0 aliphatic rings. The first kappa shape index (κ1) is 15.7. The first-order chi connectivity index (χ1) is 8.15. The van der Waals surface area contributed by atoms with Crippen LogP contribution < -0.4 is 5.32 Å². The highest BCUT2D eigenvalue weighted by Crippen LogP contribution is 2.09. The van der Waals surface area contributed by atoms with Crippen molar-refractivity contribution < 1.29 is 9.53 Å². The average Bonchev–Trinajstić information content (AvgIpc) is 2.31. The van der Waals surface area contributed by atoms with E-state index in [1.807, 2.05) is 45.9 Å². The van der Waals surface area contributed by atoms with Gasteiger partial charge in [-0.05, 0) is 25.5 Å². The molecule has 0 aliphatic heterocycles. The van der Waals surface area contributed by atoms with Crippen LogP contribution in [-0.2, 0) is 4.74 Å². The van der Waals surface area contributed by atoms with E-state index in [1.165, 1.54) is 5.56 Å². The summed E-state index contributed by atoms with van der Waals surface area (Å²) in [6, 6.07) is 5.80. The summed E-state index contributed by atoms with van der Waals surface area (Å²) >= 11 is 0. The van der Waals surface area contributed by atoms with Crippen molar-refractivity contribution in [3.63, 3.8) is 0 Å². The summed E-state index contributed by atoms with van der Waals surface area (Å²) in [4.78, 5) is 11.7. The van der Waals surface area contributed by atoms with Crippen molar-refractivity contribution in [2.45, 2.75) is 27.7 Å². The van der Waals surface area contributed by atoms with Crippen LogP contribution in [0.2, 0.25) is 0 Å². The van der Waals surface area contributed by atoms with Gasteiger partial charge in [-0.2, -0.15) is 0 Å². The lowest BCUT2D eigenvalue weighted by molar-refractivity contribution is 0.0936. The van der Waals surface area contributed by atoms with Gasteiger partial charge >= 0.3 is 0 Å². The fourth-order valence-electron chi connectivity index (χ4n) is 1.43. The van der Waals surface area contributed by atoms with Gasteiger partial charge in [-0.25, -0.2) is 0 Å². The average molecular weight is 237 g/mol. The smallest absolute Gasteiger partial charge is 0.251 e. The minimum atomic E-state index is -0.0375. The predicted molar refractivity (Wildman–Crippen MR) is 71.5 cm³/mol. The summed E-state index contributed by atoms with van der Waals surface area (Å²) in [5.74, 6) is -0.0375. The number of ether oxygens (including phenoxy) is 1. The van der Waals surface area contributed by atoms with E-state index in [9.17, 15) is 4.79 Å². The van der Waals surface area contributed by atoms with E-state index >= 15 is 0 Å². The molecular formula is C14H23NO2. The molecule has 0 aliphatic carbocycles. The zero-order valence-corrected chi connectivity index (χ0v) is 11.5. The van der Waals surface area contributed by atoms with Crippen LogP contribution in [0.25, 0.3) is 0 Å². The molecule has 0 spiro atoms. The highest BCUT2D eigenvalue weighted by atomic mass is 16.5. The number of carbonyl (C=O) groups is 1. The fraction of sp³-hybridized carbons (Fsp3) is 0.500. The standard InChI is InChI=1S/C12H17NO2.C2H6/c1-9-4-5-11(10(2)8-9)12(14)13-6-7-15-3;1-2/h4-5,8H,6-7H2,1-3H3,(H,13,14);1-2H3. The van der Waals surface area contributed by atoms with Gasteiger partial charge in [-0.15, -0.1) is 0 Å². The van der Waals surface area contributed by atoms with E-state index in [-0.39, 0.29) is 5.91 Å². The Hall–Kier alpha value is -1.35. The van der Waals surface area contributed by atoms with Crippen molar-refractivity contribution in [2.75, 3.05) is 20.3 Å². The second-order valence-corrected chi connectivity index (χ2v) is 3.57. The molecule has 3 heteroatoms. The third-order valence-corrected chi connectivity index (χ3v) is 2.22. The Balaban J connectivity index is 0.00000121. The van der Waals surface area contributed by atoms with Crippen molar-refractivity contribution in [3.05, 3.63) is 34.9 Å². The number of hydrogen-bond acceptors (Lipinski definition) is 2. The summed E-state index contributed by atoms with van der Waals surface area (Å²) in [7, 11) is 1.61. The molecule has 1 aromatic carbocycles. The molecule has 0 saturated carbocycles. The fourth-order valence-corrected chi connectivity index (χ4v) is 1.43. The van der Waals surface area contributed by atoms with Crippen LogP contribution in [0, 0.1) is 13.8 Å². The summed E-state index contributed by atoms with van der Waals surface area (Å²) in [5.41, 5.74) is 2.91. The topological polar surface area (TPSA) is 38.3 Å². The molecule has 0 radical (unpaired) electrons. The molecule has 0 fully saturated rings. The summed E-state index contributed by atoms with van der Waals surface area (Å²) in [5, 5.41) is 2.80. The highest BCUT2D eigenvalue weighted by molar-refractivity contribution is 5.95. The van der Waals surface area contributed by atoms with E-state index in [1.54, 1.807) is 7.11 Å². The minimum Gasteiger partial charge on any atom is -0.383 e. The van der Waals surface area contributed by atoms with E-state index in [4.69, 9.17) is 4.74 Å². The molecule has 0 saturated heterocycles. The number of methoxy groups -OCH3 is 1. The molecule has 0 aromatic heterocycles. The van der Waals surface area contributed by atoms with Gasteiger partial charge in [0.05, 0.1) is 6.61 Å². The first-order valence-corrected chi connectivity index (χ1v) is 5.99. The second kappa shape index (κ2) is 8.76. The van der Waals surface area contributed by atoms with Crippen LogP contribution in [0.5, 0.6) is 0 Å². The van der Waals surface area contributed by atoms with Gasteiger partial charge in [-0.3, -0.25) is 4.79 Å². The molecule has 3 nitrogen and oxygen atoms in total. The number of benzene rings is 1. The predicted octanol–water partition coefficient (Wildman–Crippen LogP) is 2.71. The van der Waals surface area contributed by atoms with E-state index in [0.717, 1.165) is 11.1 Å². The van der Waals surface area contributed by atoms with Crippen molar-refractivity contribution in [2.24, 2.45) is 0 Å². The third-order valence-electron chi connectivity index (χ3n) is 2.22. The SMILES string of the molecule is CC.COCCNC(=O)c1ccc(C)cc1C. The normalized spacial score (nSPS) is 9.24. The van der Waals surface area contributed by atoms with Crippen molar-refractivity contribution in [1.82, 2.24) is 5.32 Å². The molecule has 1 N–H and O–H groups in total. The van der Waals surface area contributed by atoms with E-state index in [0.29, 0.717) is 13.2 Å². The number of carbonyl (C=O) groups excluding carboxylic acids is 1. The summed E-state index contributed by atoms with van der Waals surface area (Å²) < 4.78 is 4.86. The lowest BCUT2D eigenvalue weighted by atomic mass is 10.1. The second-order valence-electron chi connectivity index (χ2n) is 3.57. The molecule has 17 heavy (non-hydrogen) atoms. The van der Waals surface area contributed by atoms with Crippen molar-refractivity contribution >= 4 is 5.91 Å². The van der Waals surface area contributed by atoms with Crippen LogP contribution >= 0.6 is 0 Å². The van der Waals surface area contributed by atoms with Gasteiger partial charge in [-0.1, -0.05) is 31.5 Å². The first-order valence-electron chi connectivity index (χ1n) is 5.99. The van der Waals surface area contributed by atoms with Gasteiger partial charge < -0.3 is 10.1 Å². The molecular weight excluding hydrogens is 214 g/mol. The number of aryl methyl sites for hydroxylation is 2. The molecule has 0 atom stereocenters. The van der Waals surface area contributed by atoms with Gasteiger partial charge in [0.25, 0.3) is 5.91 Å². The Morgan fingerprint density at radius 2 is 1.94 bits per heavy atom. The maximum Gasteiger partial charge on any atom is 0.251 e. The van der Waals surface area contributed by atoms with E-state index in [2.05, 4.69) is 5.32 Å². The Morgan fingerprint density at radius 1 is 1.29 bits per heavy atom. The minimum absolute atomic E-state index is 0.0375. The van der Waals surface area contributed by atoms with Gasteiger partial charge in [0.1, 0.15) is 0 Å². The Morgan fingerprint density at radius 3 is 2.47 bits per heavy atom. The van der Waals surface area contributed by atoms with Crippen LogP contribution in [0.3, 0.4) is 0 Å². The number of rotatable bonds is 4. The Labute approximate surface area is 104 Å². The monoisotopic (exact) mass is 237 g/mol. The van der Waals surface area contributed by atoms with Gasteiger partial charge in [0.15, 0.2) is 0 Å². The highest BCUT2D eigenvalue weighted by Gasteiger charge is 2.07. The molecule has 0 bridgehead atoms. The van der Waals surface area contributed by atoms with Crippen molar-refractivity contribution in [1.29, 1.82) is 0 Å². The molecule has 0 unspecified atom stereocenters. The third kappa shape index (κ3) is 5.50. The maximum atomic E-state index is 11.7. The van der Waals surface area contributed by atoms with E-state index < -0.39 is 0 Å². The maximum absolute atomic E-state index is 11.7. The van der Waals surface area contributed by atoms with Gasteiger partial charge in [0, 0.05) is 19.2 Å². The summed E-state index contributed by atoms with van der Waals surface area (Å²) in [6.07, 6.45) is 0. The molecule has 1 aromatic rings. The Bertz CT molecular complexity index is 348. The number of amides is 1. The Kier molecular flexibility index (Phi) is 8.07. The van der Waals surface area contributed by atoms with Crippen LogP contribution in [-0.4, -0.2) is 26.2 Å². The molecule has 1 amide bonds. The van der Waals surface area contributed by atoms with Gasteiger partial charge in [0.2, 0.25) is 0 Å². The van der Waals surface area contributed by atoms with Crippen molar-refractivity contribution in [3.8, 4) is 0 Å². The largest absolute Gasteiger partial charge is 0.383 e. The van der Waals surface area contributed by atoms with Crippen LogP contribution in [0.4, 0.5) is 0 Å². The molecule has 1 rings (SSSR count). The quantitative estimate of drug-likeness (QED) is 0.818.